The molecule has 1 aromatic carbocycles. The van der Waals surface area contributed by atoms with Crippen LogP contribution < -0.4 is 10.6 Å². The van der Waals surface area contributed by atoms with Gasteiger partial charge in [0.05, 0.1) is 11.6 Å². The van der Waals surface area contributed by atoms with E-state index in [9.17, 15) is 18.0 Å². The van der Waals surface area contributed by atoms with E-state index in [4.69, 9.17) is 5.26 Å². The second-order valence-electron chi connectivity index (χ2n) is 4.47. The first-order chi connectivity index (χ1) is 10.9. The fourth-order valence-corrected chi connectivity index (χ4v) is 1.74. The lowest BCUT2D eigenvalue weighted by atomic mass is 10.2. The number of pyridine rings is 1. The van der Waals surface area contributed by atoms with Crippen molar-refractivity contribution in [3.05, 3.63) is 53.7 Å². The second-order valence-corrected chi connectivity index (χ2v) is 4.47. The average Bonchev–Trinajstić information content (AvgIpc) is 2.53. The molecule has 0 fully saturated rings. The Bertz CT molecular complexity index is 736. The van der Waals surface area contributed by atoms with Crippen molar-refractivity contribution in [3.63, 3.8) is 0 Å². The monoisotopic (exact) mass is 320 g/mol. The molecule has 0 bridgehead atoms. The van der Waals surface area contributed by atoms with E-state index in [0.29, 0.717) is 5.69 Å². The van der Waals surface area contributed by atoms with Gasteiger partial charge in [0, 0.05) is 17.4 Å². The zero-order valence-corrected chi connectivity index (χ0v) is 11.7. The van der Waals surface area contributed by atoms with Crippen LogP contribution in [0.2, 0.25) is 0 Å². The number of nitrogens with zero attached hydrogens (tertiary/aromatic N) is 2. The number of rotatable bonds is 4. The smallest absolute Gasteiger partial charge is 0.372 e. The lowest BCUT2D eigenvalue weighted by Gasteiger charge is -2.09. The SMILES string of the molecule is N#CCNc1ccc(C(=O)Nc2cc(C(F)(F)F)ccn2)cc1. The normalized spacial score (nSPS) is 10.7. The fourth-order valence-electron chi connectivity index (χ4n) is 1.74. The Balaban J connectivity index is 2.09. The van der Waals surface area contributed by atoms with E-state index >= 15 is 0 Å². The standard InChI is InChI=1S/C15H11F3N4O/c16-15(17,18)11-5-7-21-13(9-11)22-14(23)10-1-3-12(4-2-10)20-8-6-19/h1-5,7,9,20H,8H2,(H,21,22,23). The average molecular weight is 320 g/mol. The van der Waals surface area contributed by atoms with Gasteiger partial charge < -0.3 is 10.6 Å². The van der Waals surface area contributed by atoms with Gasteiger partial charge >= 0.3 is 6.18 Å². The van der Waals surface area contributed by atoms with Crippen molar-refractivity contribution < 1.29 is 18.0 Å². The number of benzene rings is 1. The molecule has 2 N–H and O–H groups in total. The third-order valence-electron chi connectivity index (χ3n) is 2.85. The van der Waals surface area contributed by atoms with Gasteiger partial charge in [0.2, 0.25) is 0 Å². The van der Waals surface area contributed by atoms with Gasteiger partial charge in [-0.2, -0.15) is 18.4 Å². The van der Waals surface area contributed by atoms with Crippen molar-refractivity contribution in [2.75, 3.05) is 17.2 Å². The summed E-state index contributed by atoms with van der Waals surface area (Å²) in [6, 6.07) is 9.66. The van der Waals surface area contributed by atoms with E-state index in [1.807, 2.05) is 6.07 Å². The number of alkyl halides is 3. The topological polar surface area (TPSA) is 77.8 Å². The number of halogens is 3. The number of carbonyl (C=O) groups is 1. The van der Waals surface area contributed by atoms with Crippen molar-refractivity contribution in [1.82, 2.24) is 4.98 Å². The van der Waals surface area contributed by atoms with Crippen LogP contribution in [0.1, 0.15) is 15.9 Å². The van der Waals surface area contributed by atoms with Crippen LogP contribution in [0.3, 0.4) is 0 Å². The number of aromatic nitrogens is 1. The van der Waals surface area contributed by atoms with Gasteiger partial charge in [-0.25, -0.2) is 4.98 Å². The molecule has 0 radical (unpaired) electrons. The predicted octanol–water partition coefficient (Wildman–Crippen LogP) is 3.29. The number of nitriles is 1. The summed E-state index contributed by atoms with van der Waals surface area (Å²) in [6.45, 7) is 0.125. The Morgan fingerprint density at radius 2 is 1.91 bits per heavy atom. The van der Waals surface area contributed by atoms with Crippen molar-refractivity contribution in [1.29, 1.82) is 5.26 Å². The van der Waals surface area contributed by atoms with Gasteiger partial charge in [0.25, 0.3) is 5.91 Å². The highest BCUT2D eigenvalue weighted by atomic mass is 19.4. The molecule has 1 heterocycles. The van der Waals surface area contributed by atoms with Gasteiger partial charge in [-0.15, -0.1) is 0 Å². The summed E-state index contributed by atoms with van der Waals surface area (Å²) in [5.41, 5.74) is 0.0193. The first kappa shape index (κ1) is 16.3. The Hall–Kier alpha value is -3.08. The lowest BCUT2D eigenvalue weighted by molar-refractivity contribution is -0.137. The molecule has 0 aliphatic carbocycles. The maximum absolute atomic E-state index is 12.6. The number of nitrogens with one attached hydrogen (secondary N) is 2. The maximum atomic E-state index is 12.6. The van der Waals surface area contributed by atoms with Crippen LogP contribution in [-0.2, 0) is 6.18 Å². The summed E-state index contributed by atoms with van der Waals surface area (Å²) < 4.78 is 37.8. The first-order valence-electron chi connectivity index (χ1n) is 6.45. The molecular weight excluding hydrogens is 309 g/mol. The fraction of sp³-hybridized carbons (Fsp3) is 0.133. The summed E-state index contributed by atoms with van der Waals surface area (Å²) in [5, 5.41) is 13.6. The lowest BCUT2D eigenvalue weighted by Crippen LogP contribution is -2.14. The number of hydrogen-bond donors (Lipinski definition) is 2. The summed E-state index contributed by atoms with van der Waals surface area (Å²) >= 11 is 0. The molecule has 0 spiro atoms. The summed E-state index contributed by atoms with van der Waals surface area (Å²) in [7, 11) is 0. The minimum atomic E-state index is -4.50. The molecule has 2 aromatic rings. The van der Waals surface area contributed by atoms with E-state index in [1.54, 1.807) is 12.1 Å². The zero-order valence-electron chi connectivity index (χ0n) is 11.7. The Morgan fingerprint density at radius 1 is 1.22 bits per heavy atom. The van der Waals surface area contributed by atoms with Crippen LogP contribution in [0.15, 0.2) is 42.6 Å². The summed E-state index contributed by atoms with van der Waals surface area (Å²) in [4.78, 5) is 15.7. The van der Waals surface area contributed by atoms with E-state index in [2.05, 4.69) is 15.6 Å². The summed E-state index contributed by atoms with van der Waals surface area (Å²) in [5.74, 6) is -0.764. The molecule has 0 unspecified atom stereocenters. The third kappa shape index (κ3) is 4.44. The van der Waals surface area contributed by atoms with Crippen LogP contribution in [-0.4, -0.2) is 17.4 Å². The van der Waals surface area contributed by atoms with Crippen LogP contribution in [0.25, 0.3) is 0 Å². The van der Waals surface area contributed by atoms with Crippen LogP contribution in [0, 0.1) is 11.3 Å². The molecule has 0 aliphatic rings. The highest BCUT2D eigenvalue weighted by Crippen LogP contribution is 2.29. The van der Waals surface area contributed by atoms with Crippen LogP contribution in [0.5, 0.6) is 0 Å². The Morgan fingerprint density at radius 3 is 2.52 bits per heavy atom. The van der Waals surface area contributed by atoms with Crippen LogP contribution >= 0.6 is 0 Å². The molecule has 118 valence electrons. The van der Waals surface area contributed by atoms with Gasteiger partial charge in [-0.1, -0.05) is 0 Å². The number of carbonyl (C=O) groups excluding carboxylic acids is 1. The minimum Gasteiger partial charge on any atom is -0.372 e. The molecule has 0 atom stereocenters. The highest BCUT2D eigenvalue weighted by molar-refractivity contribution is 6.03. The Labute approximate surface area is 129 Å². The molecule has 1 aromatic heterocycles. The van der Waals surface area contributed by atoms with Crippen molar-refractivity contribution in [2.45, 2.75) is 6.18 Å². The predicted molar refractivity (Wildman–Crippen MR) is 77.7 cm³/mol. The quantitative estimate of drug-likeness (QED) is 0.847. The molecule has 2 rings (SSSR count). The minimum absolute atomic E-state index is 0.125. The number of anilines is 2. The van der Waals surface area contributed by atoms with E-state index in [1.165, 1.54) is 12.1 Å². The van der Waals surface area contributed by atoms with E-state index < -0.39 is 17.6 Å². The molecule has 0 aliphatic heterocycles. The molecule has 1 amide bonds. The molecule has 5 nitrogen and oxygen atoms in total. The Kier molecular flexibility index (Phi) is 4.81. The van der Waals surface area contributed by atoms with E-state index in [-0.39, 0.29) is 17.9 Å². The van der Waals surface area contributed by atoms with Gasteiger partial charge in [-0.05, 0) is 36.4 Å². The van der Waals surface area contributed by atoms with E-state index in [0.717, 1.165) is 18.3 Å². The van der Waals surface area contributed by atoms with Gasteiger partial charge in [-0.3, -0.25) is 4.79 Å². The highest BCUT2D eigenvalue weighted by Gasteiger charge is 2.30. The molecule has 0 saturated carbocycles. The second kappa shape index (κ2) is 6.79. The molecule has 8 heteroatoms. The molecule has 0 saturated heterocycles. The number of hydrogen-bond acceptors (Lipinski definition) is 4. The van der Waals surface area contributed by atoms with Crippen molar-refractivity contribution >= 4 is 17.4 Å². The maximum Gasteiger partial charge on any atom is 0.416 e. The summed E-state index contributed by atoms with van der Waals surface area (Å²) in [6.07, 6.45) is -3.52. The first-order valence-corrected chi connectivity index (χ1v) is 6.45. The number of amides is 1. The molecule has 23 heavy (non-hydrogen) atoms. The van der Waals surface area contributed by atoms with Gasteiger partial charge in [0.1, 0.15) is 12.4 Å². The van der Waals surface area contributed by atoms with Crippen molar-refractivity contribution in [2.24, 2.45) is 0 Å². The zero-order chi connectivity index (χ0) is 16.9. The largest absolute Gasteiger partial charge is 0.416 e. The van der Waals surface area contributed by atoms with Gasteiger partial charge in [0.15, 0.2) is 0 Å². The van der Waals surface area contributed by atoms with Crippen molar-refractivity contribution in [3.8, 4) is 6.07 Å². The molecular formula is C15H11F3N4O. The third-order valence-corrected chi connectivity index (χ3v) is 2.85. The van der Waals surface area contributed by atoms with Crippen LogP contribution in [0.4, 0.5) is 24.7 Å².